The molecule has 0 bridgehead atoms. The minimum atomic E-state index is -3.50. The molecule has 5 nitrogen and oxygen atoms in total. The van der Waals surface area contributed by atoms with Gasteiger partial charge in [0.2, 0.25) is 10.0 Å². The van der Waals surface area contributed by atoms with E-state index < -0.39 is 27.6 Å². The first-order valence-electron chi connectivity index (χ1n) is 7.49. The quantitative estimate of drug-likeness (QED) is 0.814. The molecule has 2 aromatic carbocycles. The van der Waals surface area contributed by atoms with Crippen LogP contribution in [0.1, 0.15) is 15.9 Å². The van der Waals surface area contributed by atoms with Crippen LogP contribution in [0.25, 0.3) is 0 Å². The van der Waals surface area contributed by atoms with Crippen LogP contribution < -0.4 is 5.32 Å². The van der Waals surface area contributed by atoms with Gasteiger partial charge in [-0.25, -0.2) is 17.2 Å². The zero-order chi connectivity index (χ0) is 18.4. The van der Waals surface area contributed by atoms with Gasteiger partial charge in [0.15, 0.2) is 0 Å². The third-order valence-corrected chi connectivity index (χ3v) is 4.74. The molecule has 0 radical (unpaired) electrons. The zero-order valence-electron chi connectivity index (χ0n) is 13.6. The van der Waals surface area contributed by atoms with E-state index in [1.165, 1.54) is 52.8 Å². The average molecular weight is 368 g/mol. The Morgan fingerprint density at radius 2 is 1.52 bits per heavy atom. The molecule has 1 amide bonds. The molecule has 0 saturated carbocycles. The van der Waals surface area contributed by atoms with Gasteiger partial charge >= 0.3 is 0 Å². The molecule has 0 aliphatic carbocycles. The molecule has 134 valence electrons. The number of rotatable bonds is 7. The molecule has 8 heteroatoms. The van der Waals surface area contributed by atoms with Gasteiger partial charge in [-0.15, -0.1) is 0 Å². The second kappa shape index (κ2) is 8.17. The van der Waals surface area contributed by atoms with Crippen LogP contribution in [0.4, 0.5) is 8.78 Å². The van der Waals surface area contributed by atoms with E-state index in [1.54, 1.807) is 0 Å². The van der Waals surface area contributed by atoms with Gasteiger partial charge in [0.05, 0.1) is 6.26 Å². The lowest BCUT2D eigenvalue weighted by atomic mass is 10.2. The molecule has 0 aliphatic heterocycles. The van der Waals surface area contributed by atoms with E-state index in [0.29, 0.717) is 5.56 Å². The normalized spacial score (nSPS) is 11.5. The summed E-state index contributed by atoms with van der Waals surface area (Å²) in [7, 11) is -3.50. The topological polar surface area (TPSA) is 66.5 Å². The first-order valence-corrected chi connectivity index (χ1v) is 9.34. The number of amides is 1. The summed E-state index contributed by atoms with van der Waals surface area (Å²) in [6.07, 6.45) is 1.07. The lowest BCUT2D eigenvalue weighted by Gasteiger charge is -2.20. The highest BCUT2D eigenvalue weighted by Gasteiger charge is 2.17. The number of hydrogen-bond acceptors (Lipinski definition) is 3. The first-order chi connectivity index (χ1) is 11.8. The Labute approximate surface area is 145 Å². The van der Waals surface area contributed by atoms with Crippen LogP contribution in [0.2, 0.25) is 0 Å². The summed E-state index contributed by atoms with van der Waals surface area (Å²) < 4.78 is 50.7. The van der Waals surface area contributed by atoms with Crippen molar-refractivity contribution in [2.24, 2.45) is 0 Å². The minimum absolute atomic E-state index is 0.0587. The van der Waals surface area contributed by atoms with Crippen LogP contribution >= 0.6 is 0 Å². The summed E-state index contributed by atoms with van der Waals surface area (Å²) >= 11 is 0. The van der Waals surface area contributed by atoms with Crippen molar-refractivity contribution >= 4 is 15.9 Å². The van der Waals surface area contributed by atoms with Crippen molar-refractivity contribution in [2.75, 3.05) is 19.3 Å². The van der Waals surface area contributed by atoms with Gasteiger partial charge in [-0.1, -0.05) is 12.1 Å². The van der Waals surface area contributed by atoms with E-state index in [4.69, 9.17) is 0 Å². The molecule has 0 fully saturated rings. The molecule has 0 spiro atoms. The van der Waals surface area contributed by atoms with Gasteiger partial charge < -0.3 is 5.32 Å². The number of halogens is 2. The number of nitrogens with zero attached hydrogens (tertiary/aromatic N) is 1. The molecule has 0 atom stereocenters. The number of carbonyl (C=O) groups is 1. The zero-order valence-corrected chi connectivity index (χ0v) is 14.4. The Morgan fingerprint density at radius 1 is 1.00 bits per heavy atom. The molecule has 25 heavy (non-hydrogen) atoms. The van der Waals surface area contributed by atoms with Crippen molar-refractivity contribution in [3.63, 3.8) is 0 Å². The third-order valence-electron chi connectivity index (χ3n) is 3.49. The highest BCUT2D eigenvalue weighted by atomic mass is 32.2. The van der Waals surface area contributed by atoms with E-state index in [9.17, 15) is 22.0 Å². The summed E-state index contributed by atoms with van der Waals surface area (Å²) in [5.74, 6) is -1.27. The molecular formula is C17H18F2N2O3S. The summed E-state index contributed by atoms with van der Waals surface area (Å²) in [5, 5.41) is 2.59. The minimum Gasteiger partial charge on any atom is -0.351 e. The Bertz CT molecular complexity index is 822. The predicted molar refractivity (Wildman–Crippen MR) is 90.4 cm³/mol. The van der Waals surface area contributed by atoms with Crippen LogP contribution in [0.5, 0.6) is 0 Å². The van der Waals surface area contributed by atoms with Crippen LogP contribution in [-0.2, 0) is 16.6 Å². The number of benzene rings is 2. The van der Waals surface area contributed by atoms with Gasteiger partial charge in [-0.3, -0.25) is 4.79 Å². The van der Waals surface area contributed by atoms with Gasteiger partial charge in [-0.05, 0) is 42.0 Å². The van der Waals surface area contributed by atoms with Crippen LogP contribution in [0, 0.1) is 11.6 Å². The van der Waals surface area contributed by atoms with Crippen LogP contribution in [-0.4, -0.2) is 38.0 Å². The number of carbonyl (C=O) groups excluding carboxylic acids is 1. The molecule has 0 aromatic heterocycles. The number of hydrogen-bond donors (Lipinski definition) is 1. The highest BCUT2D eigenvalue weighted by molar-refractivity contribution is 7.88. The molecule has 0 saturated heterocycles. The fraction of sp³-hybridized carbons (Fsp3) is 0.235. The second-order valence-electron chi connectivity index (χ2n) is 5.49. The third kappa shape index (κ3) is 5.91. The second-order valence-corrected chi connectivity index (χ2v) is 7.47. The van der Waals surface area contributed by atoms with Crippen molar-refractivity contribution in [3.05, 3.63) is 71.3 Å². The number of sulfonamides is 1. The van der Waals surface area contributed by atoms with E-state index >= 15 is 0 Å². The smallest absolute Gasteiger partial charge is 0.251 e. The Hall–Kier alpha value is -2.32. The molecule has 0 heterocycles. The van der Waals surface area contributed by atoms with Crippen molar-refractivity contribution in [1.29, 1.82) is 0 Å². The van der Waals surface area contributed by atoms with E-state index in [1.807, 2.05) is 0 Å². The van der Waals surface area contributed by atoms with E-state index in [0.717, 1.165) is 6.26 Å². The summed E-state index contributed by atoms with van der Waals surface area (Å²) in [4.78, 5) is 11.9. The molecule has 0 aliphatic rings. The monoisotopic (exact) mass is 368 g/mol. The fourth-order valence-electron chi connectivity index (χ4n) is 2.15. The molecular weight excluding hydrogens is 350 g/mol. The largest absolute Gasteiger partial charge is 0.351 e. The van der Waals surface area contributed by atoms with Crippen LogP contribution in [0.15, 0.2) is 48.5 Å². The summed E-state index contributed by atoms with van der Waals surface area (Å²) in [5.41, 5.74) is 0.919. The summed E-state index contributed by atoms with van der Waals surface area (Å²) in [6.45, 7) is 0.221. The van der Waals surface area contributed by atoms with Gasteiger partial charge in [0, 0.05) is 25.2 Å². The Kier molecular flexibility index (Phi) is 6.22. The highest BCUT2D eigenvalue weighted by Crippen LogP contribution is 2.09. The van der Waals surface area contributed by atoms with Crippen molar-refractivity contribution in [1.82, 2.24) is 9.62 Å². The van der Waals surface area contributed by atoms with E-state index in [-0.39, 0.29) is 25.2 Å². The van der Waals surface area contributed by atoms with Crippen LogP contribution in [0.3, 0.4) is 0 Å². The maximum atomic E-state index is 12.9. The Balaban J connectivity index is 1.95. The van der Waals surface area contributed by atoms with Gasteiger partial charge in [-0.2, -0.15) is 4.31 Å². The lowest BCUT2D eigenvalue weighted by molar-refractivity contribution is 0.0951. The molecule has 2 rings (SSSR count). The SMILES string of the molecule is CS(=O)(=O)N(CCNC(=O)c1ccc(F)cc1)Cc1ccc(F)cc1. The van der Waals surface area contributed by atoms with Crippen molar-refractivity contribution in [3.8, 4) is 0 Å². The Morgan fingerprint density at radius 3 is 2.04 bits per heavy atom. The maximum absolute atomic E-state index is 12.9. The van der Waals surface area contributed by atoms with E-state index in [2.05, 4.69) is 5.32 Å². The van der Waals surface area contributed by atoms with Gasteiger partial charge in [0.25, 0.3) is 5.91 Å². The summed E-state index contributed by atoms with van der Waals surface area (Å²) in [6, 6.07) is 10.6. The maximum Gasteiger partial charge on any atom is 0.251 e. The fourth-order valence-corrected chi connectivity index (χ4v) is 2.96. The lowest BCUT2D eigenvalue weighted by Crippen LogP contribution is -2.37. The molecule has 2 aromatic rings. The standard InChI is InChI=1S/C17H18F2N2O3S/c1-25(23,24)21(12-13-2-6-15(18)7-3-13)11-10-20-17(22)14-4-8-16(19)9-5-14/h2-9H,10-12H2,1H3,(H,20,22). The molecule has 0 unspecified atom stereocenters. The first kappa shape index (κ1) is 19.0. The predicted octanol–water partition coefficient (Wildman–Crippen LogP) is 2.16. The molecule has 1 N–H and O–H groups in total. The van der Waals surface area contributed by atoms with Gasteiger partial charge in [0.1, 0.15) is 11.6 Å². The van der Waals surface area contributed by atoms with Crippen molar-refractivity contribution in [2.45, 2.75) is 6.54 Å². The number of nitrogens with one attached hydrogen (secondary N) is 1. The van der Waals surface area contributed by atoms with Crippen molar-refractivity contribution < 1.29 is 22.0 Å². The average Bonchev–Trinajstić information content (AvgIpc) is 2.55.